The number of carbonyl (C=O) groups is 1. The molecule has 1 aliphatic rings. The van der Waals surface area contributed by atoms with Gasteiger partial charge >= 0.3 is 6.03 Å². The highest BCUT2D eigenvalue weighted by Gasteiger charge is 2.29. The SMILES string of the molecule is CCCCC(NC(=O)N1CCCC1CO)c1ccc(OC)cc1. The number of likely N-dealkylation sites (tertiary alicyclic amines) is 1. The molecule has 5 heteroatoms. The van der Waals surface area contributed by atoms with E-state index in [2.05, 4.69) is 12.2 Å². The van der Waals surface area contributed by atoms with Crippen LogP contribution in [0.5, 0.6) is 5.75 Å². The highest BCUT2D eigenvalue weighted by molar-refractivity contribution is 5.75. The van der Waals surface area contributed by atoms with Crippen LogP contribution in [0.25, 0.3) is 0 Å². The third-order valence-electron chi connectivity index (χ3n) is 4.51. The largest absolute Gasteiger partial charge is 0.497 e. The van der Waals surface area contributed by atoms with Crippen LogP contribution in [-0.2, 0) is 0 Å². The first-order valence-corrected chi connectivity index (χ1v) is 8.51. The van der Waals surface area contributed by atoms with Gasteiger partial charge in [0.2, 0.25) is 0 Å². The van der Waals surface area contributed by atoms with Crippen LogP contribution >= 0.6 is 0 Å². The molecule has 0 bridgehead atoms. The lowest BCUT2D eigenvalue weighted by Gasteiger charge is -2.27. The number of amides is 2. The molecular weight excluding hydrogens is 292 g/mol. The monoisotopic (exact) mass is 320 g/mol. The molecule has 2 atom stereocenters. The fourth-order valence-corrected chi connectivity index (χ4v) is 3.09. The summed E-state index contributed by atoms with van der Waals surface area (Å²) in [5.41, 5.74) is 1.09. The zero-order valence-electron chi connectivity index (χ0n) is 14.1. The van der Waals surface area contributed by atoms with Gasteiger partial charge in [-0.3, -0.25) is 0 Å². The van der Waals surface area contributed by atoms with Crippen molar-refractivity contribution in [1.29, 1.82) is 0 Å². The normalized spacial score (nSPS) is 18.7. The molecule has 1 aliphatic heterocycles. The Morgan fingerprint density at radius 2 is 2.17 bits per heavy atom. The van der Waals surface area contributed by atoms with Crippen molar-refractivity contribution in [1.82, 2.24) is 10.2 Å². The molecule has 1 saturated heterocycles. The van der Waals surface area contributed by atoms with Crippen molar-refractivity contribution in [3.63, 3.8) is 0 Å². The third kappa shape index (κ3) is 4.61. The van der Waals surface area contributed by atoms with Crippen LogP contribution in [-0.4, -0.2) is 42.3 Å². The van der Waals surface area contributed by atoms with E-state index in [1.165, 1.54) is 0 Å². The fourth-order valence-electron chi connectivity index (χ4n) is 3.09. The minimum absolute atomic E-state index is 0.00620. The van der Waals surface area contributed by atoms with E-state index in [0.29, 0.717) is 0 Å². The number of hydrogen-bond acceptors (Lipinski definition) is 3. The van der Waals surface area contributed by atoms with E-state index in [0.717, 1.165) is 50.0 Å². The molecule has 0 radical (unpaired) electrons. The Kier molecular flexibility index (Phi) is 6.71. The van der Waals surface area contributed by atoms with Gasteiger partial charge in [0, 0.05) is 6.54 Å². The minimum Gasteiger partial charge on any atom is -0.497 e. The standard InChI is InChI=1S/C18H28N2O3/c1-3-4-7-17(14-8-10-16(23-2)11-9-14)19-18(22)20-12-5-6-15(20)13-21/h8-11,15,17,21H,3-7,12-13H2,1-2H3,(H,19,22). The molecule has 0 saturated carbocycles. The number of methoxy groups -OCH3 is 1. The lowest BCUT2D eigenvalue weighted by molar-refractivity contribution is 0.154. The molecule has 1 aromatic rings. The first-order valence-electron chi connectivity index (χ1n) is 8.51. The van der Waals surface area contributed by atoms with Gasteiger partial charge < -0.3 is 20.1 Å². The number of unbranched alkanes of at least 4 members (excludes halogenated alkanes) is 1. The van der Waals surface area contributed by atoms with Crippen LogP contribution in [0.15, 0.2) is 24.3 Å². The number of urea groups is 1. The van der Waals surface area contributed by atoms with Crippen molar-refractivity contribution in [2.75, 3.05) is 20.3 Å². The van der Waals surface area contributed by atoms with Crippen LogP contribution in [0.2, 0.25) is 0 Å². The maximum atomic E-state index is 12.6. The molecule has 0 aromatic heterocycles. The van der Waals surface area contributed by atoms with Crippen molar-refractivity contribution >= 4 is 6.03 Å². The molecule has 128 valence electrons. The second-order valence-corrected chi connectivity index (χ2v) is 6.09. The summed E-state index contributed by atoms with van der Waals surface area (Å²) < 4.78 is 5.20. The third-order valence-corrected chi connectivity index (χ3v) is 4.51. The van der Waals surface area contributed by atoms with E-state index in [1.807, 2.05) is 24.3 Å². The van der Waals surface area contributed by atoms with Crippen molar-refractivity contribution < 1.29 is 14.6 Å². The molecule has 1 fully saturated rings. The number of rotatable bonds is 7. The van der Waals surface area contributed by atoms with Gasteiger partial charge in [-0.15, -0.1) is 0 Å². The van der Waals surface area contributed by atoms with E-state index in [9.17, 15) is 9.90 Å². The van der Waals surface area contributed by atoms with Crippen LogP contribution in [0.4, 0.5) is 4.79 Å². The molecule has 2 rings (SSSR count). The number of carbonyl (C=O) groups excluding carboxylic acids is 1. The maximum absolute atomic E-state index is 12.6. The van der Waals surface area contributed by atoms with Gasteiger partial charge in [-0.05, 0) is 37.0 Å². The number of benzene rings is 1. The first-order chi connectivity index (χ1) is 11.2. The van der Waals surface area contributed by atoms with Gasteiger partial charge in [-0.25, -0.2) is 4.79 Å². The van der Waals surface area contributed by atoms with E-state index >= 15 is 0 Å². The second kappa shape index (κ2) is 8.77. The molecule has 2 unspecified atom stereocenters. The Bertz CT molecular complexity index is 490. The molecule has 5 nitrogen and oxygen atoms in total. The van der Waals surface area contributed by atoms with E-state index < -0.39 is 0 Å². The fraction of sp³-hybridized carbons (Fsp3) is 0.611. The summed E-state index contributed by atoms with van der Waals surface area (Å²) in [6, 6.07) is 7.74. The Hall–Kier alpha value is -1.75. The number of hydrogen-bond donors (Lipinski definition) is 2. The molecule has 0 spiro atoms. The zero-order chi connectivity index (χ0) is 16.7. The second-order valence-electron chi connectivity index (χ2n) is 6.09. The number of ether oxygens (including phenoxy) is 1. The molecular formula is C18H28N2O3. The van der Waals surface area contributed by atoms with Gasteiger partial charge in [0.1, 0.15) is 5.75 Å². The predicted molar refractivity (Wildman–Crippen MR) is 90.6 cm³/mol. The molecule has 1 heterocycles. The number of aliphatic hydroxyl groups excluding tert-OH is 1. The number of nitrogens with zero attached hydrogens (tertiary/aromatic N) is 1. The summed E-state index contributed by atoms with van der Waals surface area (Å²) in [5.74, 6) is 0.814. The van der Waals surface area contributed by atoms with Gasteiger partial charge in [0.05, 0.1) is 25.8 Å². The topological polar surface area (TPSA) is 61.8 Å². The van der Waals surface area contributed by atoms with Gasteiger partial charge in [0.15, 0.2) is 0 Å². The van der Waals surface area contributed by atoms with Gasteiger partial charge in [0.25, 0.3) is 0 Å². The lowest BCUT2D eigenvalue weighted by atomic mass is 10.0. The predicted octanol–water partition coefficient (Wildman–Crippen LogP) is 3.09. The summed E-state index contributed by atoms with van der Waals surface area (Å²) in [7, 11) is 1.65. The summed E-state index contributed by atoms with van der Waals surface area (Å²) in [5, 5.41) is 12.5. The van der Waals surface area contributed by atoms with Crippen molar-refractivity contribution in [3.8, 4) is 5.75 Å². The summed E-state index contributed by atoms with van der Waals surface area (Å²) in [6.07, 6.45) is 4.89. The van der Waals surface area contributed by atoms with Gasteiger partial charge in [-0.2, -0.15) is 0 Å². The van der Waals surface area contributed by atoms with Gasteiger partial charge in [-0.1, -0.05) is 31.9 Å². The number of nitrogens with one attached hydrogen (secondary N) is 1. The Morgan fingerprint density at radius 1 is 1.43 bits per heavy atom. The molecule has 2 amide bonds. The summed E-state index contributed by atoms with van der Waals surface area (Å²) in [6.45, 7) is 2.91. The Balaban J connectivity index is 2.06. The Labute approximate surface area is 138 Å². The highest BCUT2D eigenvalue weighted by Crippen LogP contribution is 2.24. The van der Waals surface area contributed by atoms with Crippen molar-refractivity contribution in [2.45, 2.75) is 51.1 Å². The summed E-state index contributed by atoms with van der Waals surface area (Å²) in [4.78, 5) is 14.3. The average molecular weight is 320 g/mol. The van der Waals surface area contributed by atoms with Crippen LogP contribution in [0.1, 0.15) is 50.6 Å². The van der Waals surface area contributed by atoms with E-state index in [4.69, 9.17) is 4.74 Å². The van der Waals surface area contributed by atoms with Crippen LogP contribution < -0.4 is 10.1 Å². The smallest absolute Gasteiger partial charge is 0.318 e. The number of aliphatic hydroxyl groups is 1. The molecule has 1 aromatic carbocycles. The quantitative estimate of drug-likeness (QED) is 0.811. The minimum atomic E-state index is -0.0709. The first kappa shape index (κ1) is 17.6. The average Bonchev–Trinajstić information content (AvgIpc) is 3.07. The van der Waals surface area contributed by atoms with Crippen LogP contribution in [0, 0.1) is 0 Å². The molecule has 23 heavy (non-hydrogen) atoms. The summed E-state index contributed by atoms with van der Waals surface area (Å²) >= 11 is 0. The van der Waals surface area contributed by atoms with E-state index in [-0.39, 0.29) is 24.7 Å². The maximum Gasteiger partial charge on any atom is 0.318 e. The molecule has 0 aliphatic carbocycles. The highest BCUT2D eigenvalue weighted by atomic mass is 16.5. The van der Waals surface area contributed by atoms with Crippen molar-refractivity contribution in [3.05, 3.63) is 29.8 Å². The molecule has 2 N–H and O–H groups in total. The zero-order valence-corrected chi connectivity index (χ0v) is 14.1. The van der Waals surface area contributed by atoms with E-state index in [1.54, 1.807) is 12.0 Å². The lowest BCUT2D eigenvalue weighted by Crippen LogP contribution is -2.45. The van der Waals surface area contributed by atoms with Crippen molar-refractivity contribution in [2.24, 2.45) is 0 Å². The Morgan fingerprint density at radius 3 is 2.78 bits per heavy atom. The van der Waals surface area contributed by atoms with Crippen LogP contribution in [0.3, 0.4) is 0 Å².